The van der Waals surface area contributed by atoms with Crippen LogP contribution in [0.15, 0.2) is 40.5 Å². The van der Waals surface area contributed by atoms with E-state index in [1.165, 1.54) is 0 Å². The molecule has 2 atom stereocenters. The summed E-state index contributed by atoms with van der Waals surface area (Å²) in [6, 6.07) is 4.00. The molecule has 0 saturated carbocycles. The van der Waals surface area contributed by atoms with E-state index in [0.29, 0.717) is 0 Å². The van der Waals surface area contributed by atoms with Gasteiger partial charge in [-0.05, 0) is 23.8 Å². The van der Waals surface area contributed by atoms with Crippen LogP contribution in [0.4, 0.5) is 0 Å². The third-order valence-electron chi connectivity index (χ3n) is 2.75. The standard InChI is InChI=1S/C12H9ClN2/c13-10-7-8-3-1-5-14-11(8)12-9(10)4-2-6-15-12/h1-7,9,12H. The largest absolute Gasteiger partial charge is 0.282 e. The minimum atomic E-state index is 0.0590. The lowest BCUT2D eigenvalue weighted by atomic mass is 9.87. The Kier molecular flexibility index (Phi) is 1.96. The highest BCUT2D eigenvalue weighted by molar-refractivity contribution is 6.32. The van der Waals surface area contributed by atoms with Gasteiger partial charge in [-0.2, -0.15) is 0 Å². The van der Waals surface area contributed by atoms with E-state index in [0.717, 1.165) is 16.3 Å². The van der Waals surface area contributed by atoms with E-state index in [-0.39, 0.29) is 12.0 Å². The predicted octanol–water partition coefficient (Wildman–Crippen LogP) is 2.97. The zero-order valence-corrected chi connectivity index (χ0v) is 8.72. The lowest BCUT2D eigenvalue weighted by molar-refractivity contribution is 0.585. The van der Waals surface area contributed by atoms with Crippen molar-refractivity contribution >= 4 is 23.9 Å². The van der Waals surface area contributed by atoms with Gasteiger partial charge < -0.3 is 0 Å². The fraction of sp³-hybridized carbons (Fsp3) is 0.167. The molecule has 0 saturated heterocycles. The van der Waals surface area contributed by atoms with E-state index >= 15 is 0 Å². The maximum Gasteiger partial charge on any atom is 0.104 e. The smallest absolute Gasteiger partial charge is 0.104 e. The number of allylic oxidation sites excluding steroid dienone is 1. The van der Waals surface area contributed by atoms with Crippen molar-refractivity contribution in [2.45, 2.75) is 6.04 Å². The lowest BCUT2D eigenvalue weighted by Crippen LogP contribution is -2.18. The summed E-state index contributed by atoms with van der Waals surface area (Å²) in [5.74, 6) is 0.166. The number of pyridine rings is 1. The summed E-state index contributed by atoms with van der Waals surface area (Å²) in [6.45, 7) is 0. The number of rotatable bonds is 0. The van der Waals surface area contributed by atoms with Crippen LogP contribution in [0, 0.1) is 5.92 Å². The van der Waals surface area contributed by atoms with Crippen LogP contribution in [0.3, 0.4) is 0 Å². The molecule has 74 valence electrons. The summed E-state index contributed by atoms with van der Waals surface area (Å²) in [5, 5.41) is 0.841. The van der Waals surface area contributed by atoms with Crippen molar-refractivity contribution in [1.29, 1.82) is 0 Å². The first kappa shape index (κ1) is 8.86. The number of dihydropyridines is 1. The highest BCUT2D eigenvalue weighted by Crippen LogP contribution is 2.41. The first-order valence-corrected chi connectivity index (χ1v) is 5.26. The van der Waals surface area contributed by atoms with Crippen LogP contribution in [0.25, 0.3) is 6.08 Å². The van der Waals surface area contributed by atoms with Gasteiger partial charge in [0.25, 0.3) is 0 Å². The summed E-state index contributed by atoms with van der Waals surface area (Å²) in [5.41, 5.74) is 2.10. The zero-order valence-electron chi connectivity index (χ0n) is 7.97. The Labute approximate surface area is 93.0 Å². The second-order valence-electron chi connectivity index (χ2n) is 3.66. The molecule has 0 N–H and O–H groups in total. The number of fused-ring (bicyclic) bond motifs is 3. The van der Waals surface area contributed by atoms with Gasteiger partial charge >= 0.3 is 0 Å². The monoisotopic (exact) mass is 216 g/mol. The van der Waals surface area contributed by atoms with Gasteiger partial charge in [0.2, 0.25) is 0 Å². The van der Waals surface area contributed by atoms with Gasteiger partial charge in [0.05, 0.1) is 5.69 Å². The number of nitrogens with zero attached hydrogens (tertiary/aromatic N) is 2. The molecular weight excluding hydrogens is 208 g/mol. The average Bonchev–Trinajstić information content (AvgIpc) is 2.30. The van der Waals surface area contributed by atoms with Crippen molar-refractivity contribution in [3.8, 4) is 0 Å². The second-order valence-corrected chi connectivity index (χ2v) is 4.10. The van der Waals surface area contributed by atoms with Gasteiger partial charge in [-0.15, -0.1) is 0 Å². The highest BCUT2D eigenvalue weighted by atomic mass is 35.5. The van der Waals surface area contributed by atoms with Crippen molar-refractivity contribution < 1.29 is 0 Å². The molecule has 2 unspecified atom stereocenters. The van der Waals surface area contributed by atoms with Crippen molar-refractivity contribution in [2.24, 2.45) is 10.9 Å². The molecule has 1 aliphatic heterocycles. The third-order valence-corrected chi connectivity index (χ3v) is 3.12. The number of hydrogen-bond acceptors (Lipinski definition) is 2. The summed E-state index contributed by atoms with van der Waals surface area (Å²) < 4.78 is 0. The second kappa shape index (κ2) is 3.31. The molecule has 0 radical (unpaired) electrons. The van der Waals surface area contributed by atoms with Crippen LogP contribution in [-0.4, -0.2) is 11.2 Å². The molecule has 0 fully saturated rings. The Bertz CT molecular complexity index is 488. The Morgan fingerprint density at radius 3 is 3.20 bits per heavy atom. The molecule has 0 spiro atoms. The number of hydrogen-bond donors (Lipinski definition) is 0. The summed E-state index contributed by atoms with van der Waals surface area (Å²) in [4.78, 5) is 8.83. The minimum Gasteiger partial charge on any atom is -0.282 e. The van der Waals surface area contributed by atoms with E-state index in [2.05, 4.69) is 16.1 Å². The molecule has 3 heteroatoms. The summed E-state index contributed by atoms with van der Waals surface area (Å²) in [6.07, 6.45) is 9.61. The van der Waals surface area contributed by atoms with Crippen LogP contribution in [0.1, 0.15) is 17.3 Å². The van der Waals surface area contributed by atoms with Gasteiger partial charge in [-0.3, -0.25) is 9.98 Å². The normalized spacial score (nSPS) is 26.9. The quantitative estimate of drug-likeness (QED) is 0.655. The van der Waals surface area contributed by atoms with Gasteiger partial charge in [0, 0.05) is 23.4 Å². The van der Waals surface area contributed by atoms with Crippen LogP contribution < -0.4 is 0 Å². The van der Waals surface area contributed by atoms with Crippen LogP contribution >= 0.6 is 11.6 Å². The molecule has 0 aromatic carbocycles. The molecule has 1 aliphatic carbocycles. The van der Waals surface area contributed by atoms with E-state index < -0.39 is 0 Å². The fourth-order valence-corrected chi connectivity index (χ4v) is 2.35. The zero-order chi connectivity index (χ0) is 10.3. The molecule has 2 aliphatic rings. The van der Waals surface area contributed by atoms with E-state index in [1.807, 2.05) is 30.5 Å². The van der Waals surface area contributed by atoms with Gasteiger partial charge in [0.1, 0.15) is 6.04 Å². The maximum absolute atomic E-state index is 6.23. The van der Waals surface area contributed by atoms with Gasteiger partial charge in [0.15, 0.2) is 0 Å². The Balaban J connectivity index is 2.20. The number of halogens is 1. The molecular formula is C12H9ClN2. The van der Waals surface area contributed by atoms with Crippen LogP contribution in [-0.2, 0) is 0 Å². The van der Waals surface area contributed by atoms with Crippen molar-refractivity contribution in [3.05, 3.63) is 46.8 Å². The Morgan fingerprint density at radius 1 is 1.33 bits per heavy atom. The maximum atomic E-state index is 6.23. The van der Waals surface area contributed by atoms with E-state index in [9.17, 15) is 0 Å². The molecule has 1 aromatic rings. The Morgan fingerprint density at radius 2 is 2.27 bits per heavy atom. The van der Waals surface area contributed by atoms with Crippen molar-refractivity contribution in [1.82, 2.24) is 4.98 Å². The van der Waals surface area contributed by atoms with E-state index in [1.54, 1.807) is 6.20 Å². The van der Waals surface area contributed by atoms with Crippen LogP contribution in [0.2, 0.25) is 0 Å². The molecule has 15 heavy (non-hydrogen) atoms. The summed E-state index contributed by atoms with van der Waals surface area (Å²) >= 11 is 6.23. The van der Waals surface area contributed by atoms with Gasteiger partial charge in [-0.1, -0.05) is 23.7 Å². The predicted molar refractivity (Wildman–Crippen MR) is 61.9 cm³/mol. The molecule has 1 aromatic heterocycles. The molecule has 3 rings (SSSR count). The van der Waals surface area contributed by atoms with Crippen molar-refractivity contribution in [3.63, 3.8) is 0 Å². The van der Waals surface area contributed by atoms with Crippen molar-refractivity contribution in [2.75, 3.05) is 0 Å². The lowest BCUT2D eigenvalue weighted by Gasteiger charge is -2.27. The molecule has 0 amide bonds. The molecule has 2 heterocycles. The Hall–Kier alpha value is -1.41. The first-order valence-electron chi connectivity index (χ1n) is 4.88. The van der Waals surface area contributed by atoms with E-state index in [4.69, 9.17) is 11.6 Å². The minimum absolute atomic E-state index is 0.0590. The molecule has 0 bridgehead atoms. The highest BCUT2D eigenvalue weighted by Gasteiger charge is 2.30. The summed E-state index contributed by atoms with van der Waals surface area (Å²) in [7, 11) is 0. The number of aromatic nitrogens is 1. The van der Waals surface area contributed by atoms with Gasteiger partial charge in [-0.25, -0.2) is 0 Å². The third kappa shape index (κ3) is 1.33. The molecule has 2 nitrogen and oxygen atoms in total. The SMILES string of the molecule is ClC1=Cc2cccnc2C2N=CC=CC12. The topological polar surface area (TPSA) is 25.2 Å². The fourth-order valence-electron chi connectivity index (χ4n) is 2.04. The number of aliphatic imine (C=N–C) groups is 1. The van der Waals surface area contributed by atoms with Crippen LogP contribution in [0.5, 0.6) is 0 Å². The first-order chi connectivity index (χ1) is 7.36. The average molecular weight is 217 g/mol.